The number of benzene rings is 1. The van der Waals surface area contributed by atoms with Crippen LogP contribution in [-0.4, -0.2) is 19.6 Å². The van der Waals surface area contributed by atoms with Crippen LogP contribution in [0, 0.1) is 0 Å². The number of aromatic hydroxyl groups is 1. The molecule has 0 saturated heterocycles. The highest BCUT2D eigenvalue weighted by atomic mass is 16.3. The van der Waals surface area contributed by atoms with E-state index in [0.29, 0.717) is 5.75 Å². The lowest BCUT2D eigenvalue weighted by molar-refractivity contribution is 0.475. The van der Waals surface area contributed by atoms with Crippen molar-refractivity contribution in [1.82, 2.24) is 14.5 Å². The Bertz CT molecular complexity index is 663. The highest BCUT2D eigenvalue weighted by Gasteiger charge is 1.98. The topological polar surface area (TPSA) is 108 Å². The highest BCUT2D eigenvalue weighted by molar-refractivity contribution is 5.18. The number of aromatic nitrogens is 3. The Hall–Kier alpha value is -2.83. The fourth-order valence-corrected chi connectivity index (χ4v) is 1.18. The minimum absolute atomic E-state index is 0.0744. The monoisotopic (exact) mass is 263 g/mol. The summed E-state index contributed by atoms with van der Waals surface area (Å²) in [6.45, 7) is 3.43. The third-order valence-electron chi connectivity index (χ3n) is 2.00. The molecule has 0 amide bonds. The average molecular weight is 263 g/mol. The van der Waals surface area contributed by atoms with Gasteiger partial charge in [0, 0.05) is 0 Å². The van der Waals surface area contributed by atoms with Gasteiger partial charge in [-0.1, -0.05) is 24.3 Å². The number of aromatic amines is 2. The van der Waals surface area contributed by atoms with Crippen LogP contribution < -0.4 is 17.1 Å². The molecule has 100 valence electrons. The Kier molecular flexibility index (Phi) is 5.09. The molecule has 19 heavy (non-hydrogen) atoms. The second kappa shape index (κ2) is 6.80. The predicted octanol–water partition coefficient (Wildman–Crippen LogP) is -0.197. The molecule has 0 radical (unpaired) electrons. The maximum absolute atomic E-state index is 10.9. The van der Waals surface area contributed by atoms with E-state index in [1.54, 1.807) is 24.3 Å². The summed E-state index contributed by atoms with van der Waals surface area (Å²) in [4.78, 5) is 36.1. The first-order valence-electron chi connectivity index (χ1n) is 5.33. The smallest absolute Gasteiger partial charge is 0.333 e. The molecule has 0 saturated carbocycles. The minimum Gasteiger partial charge on any atom is -0.508 e. The number of nitrogens with zero attached hydrogens (tertiary/aromatic N) is 1. The summed E-state index contributed by atoms with van der Waals surface area (Å²) in [5.41, 5.74) is -2.27. The fourth-order valence-electron chi connectivity index (χ4n) is 1.18. The van der Waals surface area contributed by atoms with Gasteiger partial charge in [-0.2, -0.15) is 0 Å². The summed E-state index contributed by atoms with van der Waals surface area (Å²) in [7, 11) is 0. The van der Waals surface area contributed by atoms with Crippen LogP contribution in [0.4, 0.5) is 0 Å². The zero-order valence-electron chi connectivity index (χ0n) is 10.00. The molecule has 1 heterocycles. The summed E-state index contributed by atoms with van der Waals surface area (Å²) in [5.74, 6) is 0.322. The highest BCUT2D eigenvalue weighted by Crippen LogP contribution is 2.02. The molecule has 0 atom stereocenters. The lowest BCUT2D eigenvalue weighted by Crippen LogP contribution is -2.42. The number of phenolic OH excluding ortho intramolecular Hbond substituents is 1. The molecular formula is C12H13N3O4. The molecule has 1 aromatic heterocycles. The van der Waals surface area contributed by atoms with Crippen molar-refractivity contribution in [3.8, 4) is 5.75 Å². The molecule has 0 aliphatic rings. The summed E-state index contributed by atoms with van der Waals surface area (Å²) < 4.78 is 0.828. The Balaban J connectivity index is 0.000000218. The molecule has 2 rings (SSSR count). The molecule has 0 spiro atoms. The Morgan fingerprint density at radius 1 is 1.11 bits per heavy atom. The third kappa shape index (κ3) is 4.50. The molecule has 7 nitrogen and oxygen atoms in total. The van der Waals surface area contributed by atoms with Gasteiger partial charge in [0.2, 0.25) is 0 Å². The molecule has 0 bridgehead atoms. The summed E-state index contributed by atoms with van der Waals surface area (Å²) in [6.07, 6.45) is 1.38. The van der Waals surface area contributed by atoms with Crippen molar-refractivity contribution in [3.05, 3.63) is 74.4 Å². The zero-order chi connectivity index (χ0) is 14.3. The SMILES string of the molecule is C=CCn1c(=O)[nH]c(=O)[nH]c1=O.Oc1ccccc1. The van der Waals surface area contributed by atoms with E-state index in [1.807, 2.05) is 16.0 Å². The van der Waals surface area contributed by atoms with Crippen molar-refractivity contribution in [1.29, 1.82) is 0 Å². The molecule has 0 aliphatic carbocycles. The van der Waals surface area contributed by atoms with E-state index in [0.717, 1.165) is 4.57 Å². The zero-order valence-corrected chi connectivity index (χ0v) is 10.00. The Morgan fingerprint density at radius 3 is 2.00 bits per heavy atom. The average Bonchev–Trinajstić information content (AvgIpc) is 2.35. The number of hydrogen-bond acceptors (Lipinski definition) is 4. The predicted molar refractivity (Wildman–Crippen MR) is 70.2 cm³/mol. The van der Waals surface area contributed by atoms with Crippen molar-refractivity contribution in [2.45, 2.75) is 6.54 Å². The van der Waals surface area contributed by atoms with Crippen LogP contribution in [0.5, 0.6) is 5.75 Å². The number of allylic oxidation sites excluding steroid dienone is 1. The maximum Gasteiger partial charge on any atom is 0.333 e. The molecule has 0 unspecified atom stereocenters. The second-order valence-electron chi connectivity index (χ2n) is 3.42. The van der Waals surface area contributed by atoms with Gasteiger partial charge >= 0.3 is 17.1 Å². The lowest BCUT2D eigenvalue weighted by Gasteiger charge is -1.95. The van der Waals surface area contributed by atoms with E-state index in [-0.39, 0.29) is 6.54 Å². The Labute approximate surface area is 107 Å². The number of H-pyrrole nitrogens is 2. The fraction of sp³-hybridized carbons (Fsp3) is 0.0833. The molecule has 3 N–H and O–H groups in total. The van der Waals surface area contributed by atoms with Gasteiger partial charge in [0.25, 0.3) is 0 Å². The van der Waals surface area contributed by atoms with Crippen molar-refractivity contribution < 1.29 is 5.11 Å². The van der Waals surface area contributed by atoms with Gasteiger partial charge in [-0.05, 0) is 12.1 Å². The van der Waals surface area contributed by atoms with Crippen molar-refractivity contribution >= 4 is 0 Å². The summed E-state index contributed by atoms with van der Waals surface area (Å²) in [6, 6.07) is 8.71. The molecule has 0 aliphatic heterocycles. The summed E-state index contributed by atoms with van der Waals surface area (Å²) in [5, 5.41) is 8.63. The van der Waals surface area contributed by atoms with Gasteiger partial charge in [-0.15, -0.1) is 6.58 Å². The summed E-state index contributed by atoms with van der Waals surface area (Å²) >= 11 is 0. The van der Waals surface area contributed by atoms with Gasteiger partial charge in [-0.25, -0.2) is 19.0 Å². The number of para-hydroxylation sites is 1. The van der Waals surface area contributed by atoms with E-state index in [9.17, 15) is 14.4 Å². The Morgan fingerprint density at radius 2 is 1.63 bits per heavy atom. The molecule has 0 fully saturated rings. The van der Waals surface area contributed by atoms with E-state index >= 15 is 0 Å². The number of hydrogen-bond donors (Lipinski definition) is 3. The van der Waals surface area contributed by atoms with Gasteiger partial charge in [0.1, 0.15) is 5.75 Å². The quantitative estimate of drug-likeness (QED) is 0.652. The standard InChI is InChI=1S/C6H7N3O3.C6H6O/c1-2-3-9-5(11)7-4(10)8-6(9)12;7-6-4-2-1-3-5-6/h2H,1,3H2,(H2,7,8,10,11,12);1-5,7H. The first kappa shape index (κ1) is 14.2. The van der Waals surface area contributed by atoms with Crippen LogP contribution in [0.1, 0.15) is 0 Å². The number of nitrogens with one attached hydrogen (secondary N) is 2. The van der Waals surface area contributed by atoms with E-state index in [2.05, 4.69) is 6.58 Å². The maximum atomic E-state index is 10.9. The van der Waals surface area contributed by atoms with E-state index < -0.39 is 17.1 Å². The number of phenols is 1. The van der Waals surface area contributed by atoms with Gasteiger partial charge in [0.15, 0.2) is 0 Å². The van der Waals surface area contributed by atoms with E-state index in [4.69, 9.17) is 5.11 Å². The van der Waals surface area contributed by atoms with Gasteiger partial charge in [-0.3, -0.25) is 9.97 Å². The van der Waals surface area contributed by atoms with Crippen LogP contribution >= 0.6 is 0 Å². The van der Waals surface area contributed by atoms with Crippen LogP contribution in [0.3, 0.4) is 0 Å². The third-order valence-corrected chi connectivity index (χ3v) is 2.00. The van der Waals surface area contributed by atoms with E-state index in [1.165, 1.54) is 6.08 Å². The van der Waals surface area contributed by atoms with Crippen LogP contribution in [0.25, 0.3) is 0 Å². The minimum atomic E-state index is -0.801. The van der Waals surface area contributed by atoms with Crippen molar-refractivity contribution in [2.75, 3.05) is 0 Å². The first-order chi connectivity index (χ1) is 9.04. The number of rotatable bonds is 2. The molecular weight excluding hydrogens is 250 g/mol. The molecule has 2 aromatic rings. The lowest BCUT2D eigenvalue weighted by atomic mass is 10.3. The van der Waals surface area contributed by atoms with Crippen molar-refractivity contribution in [3.63, 3.8) is 0 Å². The van der Waals surface area contributed by atoms with Crippen LogP contribution in [0.2, 0.25) is 0 Å². The second-order valence-corrected chi connectivity index (χ2v) is 3.42. The largest absolute Gasteiger partial charge is 0.508 e. The van der Waals surface area contributed by atoms with Crippen LogP contribution in [-0.2, 0) is 6.54 Å². The van der Waals surface area contributed by atoms with Gasteiger partial charge < -0.3 is 5.11 Å². The molecule has 1 aromatic carbocycles. The van der Waals surface area contributed by atoms with Crippen LogP contribution in [0.15, 0.2) is 57.4 Å². The van der Waals surface area contributed by atoms with Gasteiger partial charge in [0.05, 0.1) is 6.54 Å². The van der Waals surface area contributed by atoms with Crippen molar-refractivity contribution in [2.24, 2.45) is 0 Å². The normalized spacial score (nSPS) is 9.26. The first-order valence-corrected chi connectivity index (χ1v) is 5.33. The molecule has 7 heteroatoms.